The number of carbonyl (C=O) groups excluding carboxylic acids is 1. The number of rotatable bonds is 4. The number of hydrogen-bond donors (Lipinski definition) is 1. The van der Waals surface area contributed by atoms with E-state index < -0.39 is 0 Å². The molecule has 128 valence electrons. The van der Waals surface area contributed by atoms with E-state index in [1.54, 1.807) is 42.7 Å². The molecule has 5 heteroatoms. The average Bonchev–Trinajstić information content (AvgIpc) is 3.11. The van der Waals surface area contributed by atoms with Gasteiger partial charge in [0.05, 0.1) is 6.54 Å². The summed E-state index contributed by atoms with van der Waals surface area (Å²) in [6.45, 7) is 0.397. The summed E-state index contributed by atoms with van der Waals surface area (Å²) in [4.78, 5) is 27.7. The van der Waals surface area contributed by atoms with E-state index in [2.05, 4.69) is 4.98 Å². The quantitative estimate of drug-likeness (QED) is 0.551. The molecule has 0 amide bonds. The smallest absolute Gasteiger partial charge is 0.253 e. The van der Waals surface area contributed by atoms with Gasteiger partial charge in [-0.25, -0.2) is 0 Å². The van der Waals surface area contributed by atoms with Crippen molar-refractivity contribution in [3.63, 3.8) is 0 Å². The number of ketones is 1. The van der Waals surface area contributed by atoms with Crippen LogP contribution in [0.5, 0.6) is 0 Å². The van der Waals surface area contributed by atoms with Gasteiger partial charge >= 0.3 is 0 Å². The second kappa shape index (κ2) is 6.65. The van der Waals surface area contributed by atoms with Crippen LogP contribution in [0.25, 0.3) is 10.9 Å². The van der Waals surface area contributed by atoms with Crippen molar-refractivity contribution < 1.29 is 4.79 Å². The van der Waals surface area contributed by atoms with E-state index in [9.17, 15) is 9.59 Å². The molecule has 0 bridgehead atoms. The van der Waals surface area contributed by atoms with Crippen molar-refractivity contribution in [3.05, 3.63) is 105 Å². The molecule has 0 atom stereocenters. The lowest BCUT2D eigenvalue weighted by Gasteiger charge is -2.05. The number of nitrogens with zero attached hydrogens (tertiary/aromatic N) is 1. The Morgan fingerprint density at radius 3 is 2.58 bits per heavy atom. The molecule has 0 saturated carbocycles. The summed E-state index contributed by atoms with van der Waals surface area (Å²) < 4.78 is 1.84. The molecule has 0 unspecified atom stereocenters. The van der Waals surface area contributed by atoms with Crippen LogP contribution in [0.4, 0.5) is 0 Å². The predicted octanol–water partition coefficient (Wildman–Crippen LogP) is 4.26. The number of aromatic amines is 1. The van der Waals surface area contributed by atoms with Crippen molar-refractivity contribution in [1.82, 2.24) is 9.55 Å². The third kappa shape index (κ3) is 3.19. The highest BCUT2D eigenvalue weighted by Crippen LogP contribution is 2.15. The normalized spacial score (nSPS) is 11.0. The molecule has 4 nitrogen and oxygen atoms in total. The molecule has 4 aromatic rings. The molecule has 4 rings (SSSR count). The Balaban J connectivity index is 1.61. The van der Waals surface area contributed by atoms with Gasteiger partial charge in [0.25, 0.3) is 5.56 Å². The van der Waals surface area contributed by atoms with E-state index in [1.807, 2.05) is 34.9 Å². The number of para-hydroxylation sites is 1. The van der Waals surface area contributed by atoms with Crippen LogP contribution in [0.2, 0.25) is 5.02 Å². The highest BCUT2D eigenvalue weighted by molar-refractivity contribution is 6.30. The van der Waals surface area contributed by atoms with E-state index in [-0.39, 0.29) is 11.3 Å². The van der Waals surface area contributed by atoms with Crippen molar-refractivity contribution in [2.75, 3.05) is 0 Å². The largest absolute Gasteiger partial charge is 0.349 e. The number of pyridine rings is 1. The van der Waals surface area contributed by atoms with Gasteiger partial charge in [-0.15, -0.1) is 0 Å². The number of halogens is 1. The summed E-state index contributed by atoms with van der Waals surface area (Å²) in [6.07, 6.45) is 3.56. The molecule has 26 heavy (non-hydrogen) atoms. The van der Waals surface area contributed by atoms with E-state index in [4.69, 9.17) is 11.6 Å². The van der Waals surface area contributed by atoms with E-state index in [0.29, 0.717) is 28.3 Å². The molecule has 0 spiro atoms. The Morgan fingerprint density at radius 2 is 1.77 bits per heavy atom. The molecule has 0 aliphatic rings. The fourth-order valence-corrected chi connectivity index (χ4v) is 3.07. The first-order valence-electron chi connectivity index (χ1n) is 8.17. The lowest BCUT2D eigenvalue weighted by molar-refractivity contribution is 0.103. The van der Waals surface area contributed by atoms with Crippen LogP contribution in [0.3, 0.4) is 0 Å². The van der Waals surface area contributed by atoms with Gasteiger partial charge in [-0.2, -0.15) is 0 Å². The highest BCUT2D eigenvalue weighted by atomic mass is 35.5. The van der Waals surface area contributed by atoms with Gasteiger partial charge < -0.3 is 9.55 Å². The van der Waals surface area contributed by atoms with Gasteiger partial charge in [0.2, 0.25) is 0 Å². The number of nitrogens with one attached hydrogen (secondary N) is 1. The van der Waals surface area contributed by atoms with Crippen LogP contribution in [0, 0.1) is 0 Å². The topological polar surface area (TPSA) is 54.9 Å². The summed E-state index contributed by atoms with van der Waals surface area (Å²) in [5.74, 6) is -0.0761. The lowest BCUT2D eigenvalue weighted by atomic mass is 10.1. The van der Waals surface area contributed by atoms with Crippen molar-refractivity contribution in [2.24, 2.45) is 0 Å². The van der Waals surface area contributed by atoms with Gasteiger partial charge in [-0.3, -0.25) is 9.59 Å². The van der Waals surface area contributed by atoms with E-state index in [0.717, 1.165) is 10.9 Å². The average molecular weight is 363 g/mol. The first-order valence-corrected chi connectivity index (χ1v) is 8.55. The molecule has 0 saturated heterocycles. The number of aromatic nitrogens is 2. The number of fused-ring (bicyclic) bond motifs is 1. The third-order valence-electron chi connectivity index (χ3n) is 4.30. The van der Waals surface area contributed by atoms with Gasteiger partial charge in [0.1, 0.15) is 0 Å². The van der Waals surface area contributed by atoms with Crippen molar-refractivity contribution in [3.8, 4) is 0 Å². The molecule has 0 fully saturated rings. The lowest BCUT2D eigenvalue weighted by Crippen LogP contribution is -2.15. The first-order chi connectivity index (χ1) is 12.6. The maximum absolute atomic E-state index is 12.5. The van der Waals surface area contributed by atoms with Crippen LogP contribution in [0.15, 0.2) is 77.9 Å². The fourth-order valence-electron chi connectivity index (χ4n) is 2.95. The monoisotopic (exact) mass is 362 g/mol. The Labute approximate surface area is 154 Å². The molecule has 0 aliphatic carbocycles. The summed E-state index contributed by atoms with van der Waals surface area (Å²) >= 11 is 5.87. The Bertz CT molecular complexity index is 1160. The zero-order valence-electron chi connectivity index (χ0n) is 13.8. The minimum absolute atomic E-state index is 0.0761. The maximum atomic E-state index is 12.5. The standard InChI is InChI=1S/C21H15ClN2O2/c22-18-7-5-14(6-8-18)20(25)16-9-10-24(12-16)13-17-11-15-3-1-2-4-19(15)23-21(17)26/h1-12H,13H2,(H,23,26). The van der Waals surface area contributed by atoms with Gasteiger partial charge in [-0.1, -0.05) is 29.8 Å². The molecule has 0 aliphatic heterocycles. The van der Waals surface area contributed by atoms with E-state index in [1.165, 1.54) is 0 Å². The summed E-state index contributed by atoms with van der Waals surface area (Å²) in [7, 11) is 0. The maximum Gasteiger partial charge on any atom is 0.253 e. The number of benzene rings is 2. The second-order valence-corrected chi connectivity index (χ2v) is 6.56. The van der Waals surface area contributed by atoms with Crippen LogP contribution >= 0.6 is 11.6 Å². The molecular formula is C21H15ClN2O2. The first kappa shape index (κ1) is 16.4. The van der Waals surface area contributed by atoms with Crippen LogP contribution in [-0.2, 0) is 6.54 Å². The van der Waals surface area contributed by atoms with Gasteiger partial charge in [0, 0.05) is 39.6 Å². The number of H-pyrrole nitrogens is 1. The van der Waals surface area contributed by atoms with Crippen LogP contribution in [0.1, 0.15) is 21.5 Å². The molecule has 1 N–H and O–H groups in total. The van der Waals surface area contributed by atoms with E-state index >= 15 is 0 Å². The van der Waals surface area contributed by atoms with Crippen molar-refractivity contribution in [1.29, 1.82) is 0 Å². The zero-order chi connectivity index (χ0) is 18.1. The summed E-state index contributed by atoms with van der Waals surface area (Å²) in [5, 5.41) is 1.57. The van der Waals surface area contributed by atoms with Crippen LogP contribution < -0.4 is 5.56 Å². The van der Waals surface area contributed by atoms with Crippen molar-refractivity contribution >= 4 is 28.3 Å². The highest BCUT2D eigenvalue weighted by Gasteiger charge is 2.11. The minimum atomic E-state index is -0.122. The Morgan fingerprint density at radius 1 is 1.00 bits per heavy atom. The molecular weight excluding hydrogens is 348 g/mol. The van der Waals surface area contributed by atoms with Crippen LogP contribution in [-0.4, -0.2) is 15.3 Å². The zero-order valence-corrected chi connectivity index (χ0v) is 14.5. The minimum Gasteiger partial charge on any atom is -0.349 e. The summed E-state index contributed by atoms with van der Waals surface area (Å²) in [6, 6.07) is 18.1. The SMILES string of the molecule is O=C(c1ccc(Cl)cc1)c1ccn(Cc2cc3ccccc3[nH]c2=O)c1. The second-order valence-electron chi connectivity index (χ2n) is 6.12. The third-order valence-corrected chi connectivity index (χ3v) is 4.55. The molecule has 0 radical (unpaired) electrons. The molecule has 2 heterocycles. The van der Waals surface area contributed by atoms with Gasteiger partial charge in [-0.05, 0) is 47.9 Å². The fraction of sp³-hybridized carbons (Fsp3) is 0.0476. The van der Waals surface area contributed by atoms with Crippen molar-refractivity contribution in [2.45, 2.75) is 6.54 Å². The number of hydrogen-bond acceptors (Lipinski definition) is 2. The number of carbonyl (C=O) groups is 1. The Kier molecular flexibility index (Phi) is 4.19. The summed E-state index contributed by atoms with van der Waals surface area (Å²) in [5.41, 5.74) is 2.49. The Hall–Kier alpha value is -3.11. The molecule has 2 aromatic heterocycles. The van der Waals surface area contributed by atoms with Gasteiger partial charge in [0.15, 0.2) is 5.78 Å². The predicted molar refractivity (Wildman–Crippen MR) is 103 cm³/mol. The molecule has 2 aromatic carbocycles.